The molecule has 0 saturated carbocycles. The third-order valence-corrected chi connectivity index (χ3v) is 7.45. The number of para-hydroxylation sites is 1. The number of ether oxygens (including phenoxy) is 1. The van der Waals surface area contributed by atoms with Gasteiger partial charge in [-0.15, -0.1) is 0 Å². The van der Waals surface area contributed by atoms with Gasteiger partial charge in [0.1, 0.15) is 12.4 Å². The summed E-state index contributed by atoms with van der Waals surface area (Å²) in [5.74, 6) is 1.03. The van der Waals surface area contributed by atoms with E-state index in [0.29, 0.717) is 16.7 Å². The number of hydrogen-bond donors (Lipinski definition) is 1. The van der Waals surface area contributed by atoms with E-state index in [4.69, 9.17) is 27.9 Å². The fourth-order valence-corrected chi connectivity index (χ4v) is 5.32. The molecule has 0 spiro atoms. The van der Waals surface area contributed by atoms with E-state index in [1.54, 1.807) is 0 Å². The average molecular weight is 478 g/mol. The van der Waals surface area contributed by atoms with Crippen molar-refractivity contribution in [2.75, 3.05) is 26.2 Å². The highest BCUT2D eigenvalue weighted by atomic mass is 35.5. The number of unbranched alkanes of at least 4 members (excludes halogenated alkanes) is 2. The monoisotopic (exact) mass is 476 g/mol. The van der Waals surface area contributed by atoms with Crippen molar-refractivity contribution in [2.24, 2.45) is 0 Å². The summed E-state index contributed by atoms with van der Waals surface area (Å²) in [7, 11) is 0. The minimum atomic E-state index is 0.197. The maximum atomic E-state index is 6.79. The normalized spacial score (nSPS) is 21.3. The van der Waals surface area contributed by atoms with Crippen LogP contribution in [0.2, 0.25) is 0 Å². The highest BCUT2D eigenvalue weighted by Crippen LogP contribution is 2.42. The molecule has 1 N–H and O–H groups in total. The van der Waals surface area contributed by atoms with E-state index in [2.05, 4.69) is 48.3 Å². The SMILES string of the molecule is C/C=C(Cl)\C(Cl)=C1\C2=C(CCCNCC2)N(CCOc2ccccc2CCCCC)C1C. The topological polar surface area (TPSA) is 24.5 Å². The minimum absolute atomic E-state index is 0.197. The van der Waals surface area contributed by atoms with E-state index in [-0.39, 0.29) is 6.04 Å². The second-order valence-electron chi connectivity index (χ2n) is 8.68. The molecular weight excluding hydrogens is 439 g/mol. The maximum Gasteiger partial charge on any atom is 0.122 e. The highest BCUT2D eigenvalue weighted by Gasteiger charge is 2.35. The van der Waals surface area contributed by atoms with Gasteiger partial charge in [0.05, 0.1) is 22.7 Å². The van der Waals surface area contributed by atoms with Crippen molar-refractivity contribution < 1.29 is 4.74 Å². The van der Waals surface area contributed by atoms with Gasteiger partial charge in [0.15, 0.2) is 0 Å². The van der Waals surface area contributed by atoms with E-state index in [9.17, 15) is 0 Å². The van der Waals surface area contributed by atoms with E-state index in [0.717, 1.165) is 51.1 Å². The van der Waals surface area contributed by atoms with Gasteiger partial charge in [-0.3, -0.25) is 0 Å². The van der Waals surface area contributed by atoms with E-state index in [1.165, 1.54) is 41.7 Å². The molecule has 2 heterocycles. The van der Waals surface area contributed by atoms with Crippen LogP contribution < -0.4 is 10.1 Å². The Kier molecular flexibility index (Phi) is 10.0. The van der Waals surface area contributed by atoms with Gasteiger partial charge >= 0.3 is 0 Å². The molecule has 1 aromatic carbocycles. The fraction of sp³-hybridized carbons (Fsp3) is 0.556. The Labute approximate surface area is 204 Å². The third-order valence-electron chi connectivity index (χ3n) is 6.54. The molecule has 0 radical (unpaired) electrons. The van der Waals surface area contributed by atoms with Crippen molar-refractivity contribution in [3.63, 3.8) is 0 Å². The first-order valence-electron chi connectivity index (χ1n) is 12.2. The zero-order chi connectivity index (χ0) is 22.9. The van der Waals surface area contributed by atoms with Crippen LogP contribution in [-0.2, 0) is 6.42 Å². The Hall–Kier alpha value is -1.42. The van der Waals surface area contributed by atoms with Gasteiger partial charge in [0.2, 0.25) is 0 Å². The predicted molar refractivity (Wildman–Crippen MR) is 138 cm³/mol. The Bertz CT molecular complexity index is 859. The molecule has 0 amide bonds. The molecular formula is C27H38Cl2N2O. The van der Waals surface area contributed by atoms with Crippen molar-refractivity contribution in [1.29, 1.82) is 0 Å². The molecule has 176 valence electrons. The Morgan fingerprint density at radius 2 is 2.00 bits per heavy atom. The van der Waals surface area contributed by atoms with Crippen LogP contribution >= 0.6 is 23.2 Å². The number of benzene rings is 1. The fourth-order valence-electron chi connectivity index (χ4n) is 4.83. The predicted octanol–water partition coefficient (Wildman–Crippen LogP) is 7.17. The van der Waals surface area contributed by atoms with Crippen LogP contribution in [0.1, 0.15) is 64.9 Å². The molecule has 0 bridgehead atoms. The third kappa shape index (κ3) is 6.12. The number of rotatable bonds is 9. The van der Waals surface area contributed by atoms with Gasteiger partial charge in [-0.05, 0) is 81.8 Å². The van der Waals surface area contributed by atoms with Gasteiger partial charge in [-0.25, -0.2) is 0 Å². The average Bonchev–Trinajstić information content (AvgIpc) is 3.03. The van der Waals surface area contributed by atoms with E-state index < -0.39 is 0 Å². The second-order valence-corrected chi connectivity index (χ2v) is 9.46. The molecule has 1 aromatic rings. The van der Waals surface area contributed by atoms with Crippen LogP contribution in [0.4, 0.5) is 0 Å². The Morgan fingerprint density at radius 1 is 1.19 bits per heavy atom. The molecule has 0 aromatic heterocycles. The van der Waals surface area contributed by atoms with Crippen molar-refractivity contribution in [3.05, 3.63) is 62.8 Å². The van der Waals surface area contributed by atoms with Gasteiger partial charge in [0.25, 0.3) is 0 Å². The molecule has 3 nitrogen and oxygen atoms in total. The Morgan fingerprint density at radius 3 is 2.78 bits per heavy atom. The lowest BCUT2D eigenvalue weighted by Gasteiger charge is -2.28. The molecule has 0 saturated heterocycles. The molecule has 1 unspecified atom stereocenters. The standard InChI is InChI=1S/C27H38Cl2N2O/c1-4-6-7-11-21-12-8-9-14-25(21)32-19-18-31-20(3)26(27(29)23(28)5-2)22-15-17-30-16-10-13-24(22)31/h5,8-9,12,14,20,30H,4,6-7,10-11,13,15-19H2,1-3H3/b23-5+,27-26-. The zero-order valence-corrected chi connectivity index (χ0v) is 21.4. The molecule has 1 atom stereocenters. The number of nitrogens with zero attached hydrogens (tertiary/aromatic N) is 1. The summed E-state index contributed by atoms with van der Waals surface area (Å²) in [4.78, 5) is 2.50. The number of aryl methyl sites for hydroxylation is 1. The number of nitrogens with one attached hydrogen (secondary N) is 1. The van der Waals surface area contributed by atoms with Crippen molar-refractivity contribution in [2.45, 2.75) is 71.8 Å². The van der Waals surface area contributed by atoms with Crippen LogP contribution in [0.15, 0.2) is 57.2 Å². The summed E-state index contributed by atoms with van der Waals surface area (Å²) in [6.07, 6.45) is 9.84. The molecule has 32 heavy (non-hydrogen) atoms. The first-order chi connectivity index (χ1) is 15.6. The van der Waals surface area contributed by atoms with Gasteiger partial charge in [-0.1, -0.05) is 67.2 Å². The molecule has 2 aliphatic heterocycles. The van der Waals surface area contributed by atoms with Crippen LogP contribution in [0.3, 0.4) is 0 Å². The van der Waals surface area contributed by atoms with Crippen LogP contribution in [-0.4, -0.2) is 37.2 Å². The molecule has 0 aliphatic carbocycles. The summed E-state index contributed by atoms with van der Waals surface area (Å²) in [5, 5.41) is 4.86. The quantitative estimate of drug-likeness (QED) is 0.382. The van der Waals surface area contributed by atoms with Crippen LogP contribution in [0, 0.1) is 0 Å². The van der Waals surface area contributed by atoms with Gasteiger partial charge in [-0.2, -0.15) is 0 Å². The first-order valence-corrected chi connectivity index (χ1v) is 13.0. The van der Waals surface area contributed by atoms with Crippen molar-refractivity contribution >= 4 is 23.2 Å². The zero-order valence-electron chi connectivity index (χ0n) is 19.9. The largest absolute Gasteiger partial charge is 0.491 e. The van der Waals surface area contributed by atoms with Crippen LogP contribution in [0.5, 0.6) is 5.75 Å². The van der Waals surface area contributed by atoms with E-state index in [1.807, 2.05) is 13.0 Å². The lowest BCUT2D eigenvalue weighted by molar-refractivity contribution is 0.224. The molecule has 3 rings (SSSR count). The first kappa shape index (κ1) is 25.2. The lowest BCUT2D eigenvalue weighted by Crippen LogP contribution is -2.33. The summed E-state index contributed by atoms with van der Waals surface area (Å²) >= 11 is 13.2. The lowest BCUT2D eigenvalue weighted by atomic mass is 9.97. The number of allylic oxidation sites excluding steroid dienone is 4. The minimum Gasteiger partial charge on any atom is -0.491 e. The molecule has 5 heteroatoms. The van der Waals surface area contributed by atoms with E-state index >= 15 is 0 Å². The van der Waals surface area contributed by atoms with Crippen molar-refractivity contribution in [3.8, 4) is 5.75 Å². The van der Waals surface area contributed by atoms with Crippen LogP contribution in [0.25, 0.3) is 0 Å². The second kappa shape index (κ2) is 12.7. The summed E-state index contributed by atoms with van der Waals surface area (Å²) in [6, 6.07) is 8.68. The highest BCUT2D eigenvalue weighted by molar-refractivity contribution is 6.44. The van der Waals surface area contributed by atoms with Crippen molar-refractivity contribution in [1.82, 2.24) is 10.2 Å². The number of hydrogen-bond acceptors (Lipinski definition) is 3. The van der Waals surface area contributed by atoms with Gasteiger partial charge < -0.3 is 15.0 Å². The number of halogens is 2. The molecule has 2 aliphatic rings. The summed E-state index contributed by atoms with van der Waals surface area (Å²) < 4.78 is 6.32. The summed E-state index contributed by atoms with van der Waals surface area (Å²) in [5.41, 5.74) is 5.30. The Balaban J connectivity index is 1.76. The summed E-state index contributed by atoms with van der Waals surface area (Å²) in [6.45, 7) is 9.96. The molecule has 0 fully saturated rings. The van der Waals surface area contributed by atoms with Gasteiger partial charge in [0, 0.05) is 5.70 Å². The maximum absolute atomic E-state index is 6.79. The smallest absolute Gasteiger partial charge is 0.122 e.